The number of aromatic nitrogens is 2. The van der Waals surface area contributed by atoms with Gasteiger partial charge in [-0.25, -0.2) is 4.98 Å². The van der Waals surface area contributed by atoms with Crippen LogP contribution in [-0.4, -0.2) is 20.6 Å². The number of carboxylic acids is 1. The molecule has 0 saturated heterocycles. The van der Waals surface area contributed by atoms with Crippen LogP contribution in [0, 0.1) is 0 Å². The van der Waals surface area contributed by atoms with Gasteiger partial charge in [-0.1, -0.05) is 28.1 Å². The van der Waals surface area contributed by atoms with E-state index in [1.807, 2.05) is 42.1 Å². The summed E-state index contributed by atoms with van der Waals surface area (Å²) in [5.41, 5.74) is 1.82. The number of halogens is 1. The molecule has 18 heavy (non-hydrogen) atoms. The number of carboxylic acid groups (broad SMARTS) is 1. The topological polar surface area (TPSA) is 55.1 Å². The van der Waals surface area contributed by atoms with Crippen molar-refractivity contribution in [2.24, 2.45) is 7.05 Å². The Balaban J connectivity index is 2.23. The van der Waals surface area contributed by atoms with E-state index in [2.05, 4.69) is 20.9 Å². The van der Waals surface area contributed by atoms with Gasteiger partial charge in [0.15, 0.2) is 0 Å². The Kier molecular flexibility index (Phi) is 3.81. The lowest BCUT2D eigenvalue weighted by molar-refractivity contribution is -0.136. The Hall–Kier alpha value is -1.62. The molecule has 0 saturated carbocycles. The molecule has 0 aliphatic carbocycles. The van der Waals surface area contributed by atoms with Gasteiger partial charge in [-0.2, -0.15) is 0 Å². The van der Waals surface area contributed by atoms with Crippen molar-refractivity contribution in [3.8, 4) is 11.4 Å². The van der Waals surface area contributed by atoms with Crippen LogP contribution in [0.4, 0.5) is 0 Å². The first-order valence-corrected chi connectivity index (χ1v) is 6.35. The summed E-state index contributed by atoms with van der Waals surface area (Å²) in [4.78, 5) is 15.0. The van der Waals surface area contributed by atoms with E-state index in [0.717, 1.165) is 21.6 Å². The lowest BCUT2D eigenvalue weighted by atomic mass is 10.2. The summed E-state index contributed by atoms with van der Waals surface area (Å²) < 4.78 is 2.94. The molecule has 5 heteroatoms. The van der Waals surface area contributed by atoms with Gasteiger partial charge in [0.2, 0.25) is 0 Å². The zero-order valence-electron chi connectivity index (χ0n) is 9.93. The first kappa shape index (κ1) is 12.8. The number of imidazole rings is 1. The first-order chi connectivity index (χ1) is 8.56. The number of nitrogens with zero attached hydrogens (tertiary/aromatic N) is 2. The summed E-state index contributed by atoms with van der Waals surface area (Å²) in [6.45, 7) is 0. The molecule has 0 aliphatic rings. The molecule has 1 heterocycles. The molecule has 0 aliphatic heterocycles. The molecule has 2 rings (SSSR count). The second-order valence-electron chi connectivity index (χ2n) is 4.07. The Morgan fingerprint density at radius 3 is 2.67 bits per heavy atom. The quantitative estimate of drug-likeness (QED) is 0.945. The minimum Gasteiger partial charge on any atom is -0.481 e. The van der Waals surface area contributed by atoms with Crippen molar-refractivity contribution in [1.29, 1.82) is 0 Å². The van der Waals surface area contributed by atoms with Crippen LogP contribution in [0.3, 0.4) is 0 Å². The maximum atomic E-state index is 10.5. The van der Waals surface area contributed by atoms with Crippen molar-refractivity contribution in [2.45, 2.75) is 12.8 Å². The van der Waals surface area contributed by atoms with Gasteiger partial charge in [0, 0.05) is 29.7 Å². The smallest absolute Gasteiger partial charge is 0.303 e. The summed E-state index contributed by atoms with van der Waals surface area (Å²) in [5.74, 6) is 0.0498. The molecule has 1 aromatic carbocycles. The van der Waals surface area contributed by atoms with Crippen LogP contribution in [0.2, 0.25) is 0 Å². The van der Waals surface area contributed by atoms with Crippen LogP contribution in [0.5, 0.6) is 0 Å². The van der Waals surface area contributed by atoms with Gasteiger partial charge in [0.05, 0.1) is 12.1 Å². The molecule has 0 radical (unpaired) electrons. The van der Waals surface area contributed by atoms with Crippen molar-refractivity contribution >= 4 is 21.9 Å². The predicted octanol–water partition coefficient (Wildman–Crippen LogP) is 2.87. The highest BCUT2D eigenvalue weighted by Gasteiger charge is 2.08. The van der Waals surface area contributed by atoms with Gasteiger partial charge in [0.1, 0.15) is 5.82 Å². The molecule has 0 unspecified atom stereocenters. The summed E-state index contributed by atoms with van der Waals surface area (Å²) in [6.07, 6.45) is 2.44. The van der Waals surface area contributed by atoms with E-state index in [9.17, 15) is 4.79 Å². The molecule has 4 nitrogen and oxygen atoms in total. The monoisotopic (exact) mass is 308 g/mol. The van der Waals surface area contributed by atoms with Gasteiger partial charge in [-0.3, -0.25) is 4.79 Å². The molecule has 0 fully saturated rings. The highest BCUT2D eigenvalue weighted by atomic mass is 79.9. The van der Waals surface area contributed by atoms with E-state index in [1.165, 1.54) is 0 Å². The standard InChI is InChI=1S/C13H13BrN2O2/c1-16-8-11(6-7-12(17)18)15-13(16)9-2-4-10(14)5-3-9/h2-5,8H,6-7H2,1H3,(H,17,18). The first-order valence-electron chi connectivity index (χ1n) is 5.56. The maximum Gasteiger partial charge on any atom is 0.303 e. The molecule has 0 amide bonds. The molecule has 1 N–H and O–H groups in total. The lowest BCUT2D eigenvalue weighted by Crippen LogP contribution is -1.97. The SMILES string of the molecule is Cn1cc(CCC(=O)O)nc1-c1ccc(Br)cc1. The van der Waals surface area contributed by atoms with E-state index in [-0.39, 0.29) is 6.42 Å². The third-order valence-electron chi connectivity index (χ3n) is 2.62. The highest BCUT2D eigenvalue weighted by Crippen LogP contribution is 2.21. The van der Waals surface area contributed by atoms with Crippen LogP contribution >= 0.6 is 15.9 Å². The van der Waals surface area contributed by atoms with Crippen LogP contribution in [0.15, 0.2) is 34.9 Å². The molecule has 0 atom stereocenters. The normalized spacial score (nSPS) is 10.6. The van der Waals surface area contributed by atoms with E-state index in [4.69, 9.17) is 5.11 Å². The number of benzene rings is 1. The Labute approximate surface area is 113 Å². The largest absolute Gasteiger partial charge is 0.481 e. The molecular formula is C13H13BrN2O2. The summed E-state index contributed by atoms with van der Waals surface area (Å²) >= 11 is 3.39. The number of aliphatic carboxylic acids is 1. The molecule has 0 bridgehead atoms. The van der Waals surface area contributed by atoms with E-state index < -0.39 is 5.97 Å². The lowest BCUT2D eigenvalue weighted by Gasteiger charge is -2.00. The van der Waals surface area contributed by atoms with Gasteiger partial charge in [-0.05, 0) is 12.1 Å². The Morgan fingerprint density at radius 2 is 2.06 bits per heavy atom. The van der Waals surface area contributed by atoms with Crippen molar-refractivity contribution < 1.29 is 9.90 Å². The fourth-order valence-corrected chi connectivity index (χ4v) is 2.02. The molecule has 94 valence electrons. The molecule has 1 aromatic heterocycles. The van der Waals surface area contributed by atoms with Crippen LogP contribution in [0.25, 0.3) is 11.4 Å². The Bertz CT molecular complexity index is 561. The summed E-state index contributed by atoms with van der Waals surface area (Å²) in [7, 11) is 1.91. The van der Waals surface area contributed by atoms with Gasteiger partial charge >= 0.3 is 5.97 Å². The number of hydrogen-bond acceptors (Lipinski definition) is 2. The summed E-state index contributed by atoms with van der Waals surface area (Å²) in [5, 5.41) is 8.66. The van der Waals surface area contributed by atoms with E-state index >= 15 is 0 Å². The van der Waals surface area contributed by atoms with Crippen molar-refractivity contribution in [3.05, 3.63) is 40.6 Å². The zero-order valence-corrected chi connectivity index (χ0v) is 11.5. The van der Waals surface area contributed by atoms with Gasteiger partial charge in [-0.15, -0.1) is 0 Å². The second-order valence-corrected chi connectivity index (χ2v) is 4.98. The fraction of sp³-hybridized carbons (Fsp3) is 0.231. The molecule has 0 spiro atoms. The van der Waals surface area contributed by atoms with Crippen LogP contribution in [-0.2, 0) is 18.3 Å². The number of hydrogen-bond donors (Lipinski definition) is 1. The van der Waals surface area contributed by atoms with E-state index in [1.54, 1.807) is 0 Å². The third-order valence-corrected chi connectivity index (χ3v) is 3.15. The minimum atomic E-state index is -0.800. The fourth-order valence-electron chi connectivity index (χ4n) is 1.75. The van der Waals surface area contributed by atoms with E-state index in [0.29, 0.717) is 6.42 Å². The number of carbonyl (C=O) groups is 1. The third kappa shape index (κ3) is 2.98. The van der Waals surface area contributed by atoms with Gasteiger partial charge in [0.25, 0.3) is 0 Å². The van der Waals surface area contributed by atoms with Crippen LogP contribution < -0.4 is 0 Å². The second kappa shape index (κ2) is 5.35. The maximum absolute atomic E-state index is 10.5. The zero-order chi connectivity index (χ0) is 13.1. The summed E-state index contributed by atoms with van der Waals surface area (Å²) in [6, 6.07) is 7.88. The average molecular weight is 309 g/mol. The minimum absolute atomic E-state index is 0.108. The van der Waals surface area contributed by atoms with Crippen molar-refractivity contribution in [3.63, 3.8) is 0 Å². The van der Waals surface area contributed by atoms with Crippen molar-refractivity contribution in [1.82, 2.24) is 9.55 Å². The van der Waals surface area contributed by atoms with Gasteiger partial charge < -0.3 is 9.67 Å². The predicted molar refractivity (Wildman–Crippen MR) is 72.3 cm³/mol. The van der Waals surface area contributed by atoms with Crippen LogP contribution in [0.1, 0.15) is 12.1 Å². The molecule has 2 aromatic rings. The van der Waals surface area contributed by atoms with Crippen molar-refractivity contribution in [2.75, 3.05) is 0 Å². The highest BCUT2D eigenvalue weighted by molar-refractivity contribution is 9.10. The number of rotatable bonds is 4. The average Bonchev–Trinajstić information content (AvgIpc) is 2.69. The Morgan fingerprint density at radius 1 is 1.39 bits per heavy atom. The molecular weight excluding hydrogens is 296 g/mol. The number of aryl methyl sites for hydroxylation is 2.